The van der Waals surface area contributed by atoms with Crippen molar-refractivity contribution >= 4 is 0 Å². The van der Waals surface area contributed by atoms with Crippen LogP contribution >= 0.6 is 0 Å². The van der Waals surface area contributed by atoms with Crippen molar-refractivity contribution in [3.63, 3.8) is 0 Å². The van der Waals surface area contributed by atoms with Crippen LogP contribution in [0.5, 0.6) is 23.0 Å². The van der Waals surface area contributed by atoms with Crippen LogP contribution in [0.4, 0.5) is 0 Å². The second-order valence-corrected chi connectivity index (χ2v) is 29.7. The Balaban J connectivity index is 1.67. The molecule has 0 heterocycles. The molecule has 0 saturated carbocycles. The van der Waals surface area contributed by atoms with Crippen molar-refractivity contribution in [3.8, 4) is 23.0 Å². The van der Waals surface area contributed by atoms with Gasteiger partial charge in [-0.2, -0.15) is 0 Å². The fourth-order valence-electron chi connectivity index (χ4n) is 13.9. The van der Waals surface area contributed by atoms with E-state index in [1.165, 1.54) is 202 Å². The highest BCUT2D eigenvalue weighted by Crippen LogP contribution is 2.45. The van der Waals surface area contributed by atoms with Gasteiger partial charge in [-0.25, -0.2) is 0 Å². The molecular weight excluding hydrogens is 1020 g/mol. The van der Waals surface area contributed by atoms with Gasteiger partial charge in [0.15, 0.2) is 0 Å². The van der Waals surface area contributed by atoms with Gasteiger partial charge in [0.1, 0.15) is 23.0 Å². The van der Waals surface area contributed by atoms with E-state index in [1.54, 1.807) is 0 Å². The van der Waals surface area contributed by atoms with E-state index in [0.717, 1.165) is 95.9 Å². The van der Waals surface area contributed by atoms with Gasteiger partial charge in [0.25, 0.3) is 0 Å². The molecule has 0 aromatic heterocycles. The number of hydrogen-bond acceptors (Lipinski definition) is 4. The fourth-order valence-corrected chi connectivity index (χ4v) is 13.9. The summed E-state index contributed by atoms with van der Waals surface area (Å²) in [6, 6.07) is 18.0. The highest BCUT2D eigenvalue weighted by molar-refractivity contribution is 5.59. The van der Waals surface area contributed by atoms with Crippen LogP contribution in [-0.2, 0) is 47.3 Å². The molecule has 84 heavy (non-hydrogen) atoms. The normalized spacial score (nSPS) is 13.3. The predicted octanol–water partition coefficient (Wildman–Crippen LogP) is 24.4. The maximum absolute atomic E-state index is 12.8. The van der Waals surface area contributed by atoms with Crippen LogP contribution in [-0.4, -0.2) is 20.4 Å². The van der Waals surface area contributed by atoms with Gasteiger partial charge in [-0.15, -0.1) is 0 Å². The molecule has 8 bridgehead atoms. The first-order valence-corrected chi connectivity index (χ1v) is 35.6. The molecule has 0 fully saturated rings. The molecule has 4 aromatic carbocycles. The van der Waals surface area contributed by atoms with Gasteiger partial charge in [-0.1, -0.05) is 337 Å². The van der Waals surface area contributed by atoms with Crippen molar-refractivity contribution in [2.45, 2.75) is 362 Å². The average molecular weight is 1150 g/mol. The lowest BCUT2D eigenvalue weighted by molar-refractivity contribution is 0.431. The largest absolute Gasteiger partial charge is 0.507 e. The molecule has 1 aliphatic carbocycles. The number of hydrogen-bond donors (Lipinski definition) is 4. The zero-order chi connectivity index (χ0) is 61.2. The maximum atomic E-state index is 12.8. The molecule has 4 aromatic rings. The van der Waals surface area contributed by atoms with Gasteiger partial charge in [0.2, 0.25) is 0 Å². The summed E-state index contributed by atoms with van der Waals surface area (Å²) >= 11 is 0. The Morgan fingerprint density at radius 3 is 0.500 bits per heavy atom. The number of benzene rings is 4. The zero-order valence-corrected chi connectivity index (χ0v) is 56.7. The third-order valence-electron chi connectivity index (χ3n) is 20.3. The van der Waals surface area contributed by atoms with E-state index in [-0.39, 0.29) is 44.7 Å². The Morgan fingerprint density at radius 1 is 0.226 bits per heavy atom. The van der Waals surface area contributed by atoms with E-state index >= 15 is 0 Å². The van der Waals surface area contributed by atoms with Crippen LogP contribution in [0.3, 0.4) is 0 Å². The second kappa shape index (κ2) is 35.8. The Labute approximate surface area is 517 Å². The minimum Gasteiger partial charge on any atom is -0.507 e. The first kappa shape index (κ1) is 70.8. The summed E-state index contributed by atoms with van der Waals surface area (Å²) in [5.41, 5.74) is 10.7. The fraction of sp³-hybridized carbons (Fsp3) is 0.700. The third-order valence-corrected chi connectivity index (χ3v) is 20.3. The molecule has 0 radical (unpaired) electrons. The van der Waals surface area contributed by atoms with Crippen LogP contribution in [0.1, 0.15) is 381 Å². The Bertz CT molecular complexity index is 2090. The molecule has 4 heteroatoms. The Kier molecular flexibility index (Phi) is 30.2. The molecule has 4 nitrogen and oxygen atoms in total. The Hall–Kier alpha value is -3.92. The lowest BCUT2D eigenvalue weighted by Gasteiger charge is -2.30. The van der Waals surface area contributed by atoms with E-state index in [1.807, 2.05) is 0 Å². The number of fused-ring (bicyclic) bond motifs is 8. The minimum absolute atomic E-state index is 0.166. The van der Waals surface area contributed by atoms with Gasteiger partial charge in [0, 0.05) is 25.7 Å². The molecule has 472 valence electrons. The molecule has 0 saturated heterocycles. The maximum Gasteiger partial charge on any atom is 0.122 e. The summed E-state index contributed by atoms with van der Waals surface area (Å²) in [7, 11) is 0. The molecule has 0 unspecified atom stereocenters. The summed E-state index contributed by atoms with van der Waals surface area (Å²) in [6.07, 6.45) is 46.5. The first-order valence-electron chi connectivity index (χ1n) is 35.6. The standard InChI is InChI=1S/C80H128O4/c1-13-17-21-25-29-33-37-41-45-77(5,6)69-53-61-49-63-55-70(78(7,8)46-42-38-34-30-26-22-18-14-2)57-65(74(63)82)51-67-59-72(80(11,12)48-44-40-36-32-28-24-20-16-4)60-68(76(67)84)52-66-58-71(56-64(75(66)83)50-62(54-69)73(61)81)79(9,10)47-43-39-35-31-27-23-19-15-3/h53-60,81-84H,13-52H2,1-12H3. The van der Waals surface area contributed by atoms with Gasteiger partial charge >= 0.3 is 0 Å². The van der Waals surface area contributed by atoms with Crippen molar-refractivity contribution in [1.82, 2.24) is 0 Å². The monoisotopic (exact) mass is 1150 g/mol. The number of phenolic OH excluding ortho intramolecular Hbond substituents is 4. The summed E-state index contributed by atoms with van der Waals surface area (Å²) in [5.74, 6) is 1.03. The number of rotatable bonds is 40. The highest BCUT2D eigenvalue weighted by atomic mass is 16.3. The molecule has 0 amide bonds. The predicted molar refractivity (Wildman–Crippen MR) is 365 cm³/mol. The van der Waals surface area contributed by atoms with E-state index in [9.17, 15) is 20.4 Å². The van der Waals surface area contributed by atoms with Crippen LogP contribution in [0.15, 0.2) is 48.5 Å². The van der Waals surface area contributed by atoms with E-state index in [2.05, 4.69) is 132 Å². The quantitative estimate of drug-likeness (QED) is 0.0295. The molecular formula is C80H128O4. The van der Waals surface area contributed by atoms with Crippen LogP contribution in [0.25, 0.3) is 0 Å². The highest BCUT2D eigenvalue weighted by Gasteiger charge is 2.31. The topological polar surface area (TPSA) is 80.9 Å². The molecule has 5 rings (SSSR count). The van der Waals surface area contributed by atoms with Crippen molar-refractivity contribution in [2.75, 3.05) is 0 Å². The van der Waals surface area contributed by atoms with Gasteiger partial charge in [-0.05, 0) is 114 Å². The molecule has 1 aliphatic rings. The van der Waals surface area contributed by atoms with Gasteiger partial charge in [-0.3, -0.25) is 0 Å². The lowest BCUT2D eigenvalue weighted by atomic mass is 9.75. The van der Waals surface area contributed by atoms with Crippen molar-refractivity contribution in [2.24, 2.45) is 0 Å². The van der Waals surface area contributed by atoms with E-state index < -0.39 is 0 Å². The van der Waals surface area contributed by atoms with Gasteiger partial charge < -0.3 is 20.4 Å². The smallest absolute Gasteiger partial charge is 0.122 e. The summed E-state index contributed by atoms with van der Waals surface area (Å²) in [6.45, 7) is 28.1. The van der Waals surface area contributed by atoms with E-state index in [0.29, 0.717) is 25.7 Å². The summed E-state index contributed by atoms with van der Waals surface area (Å²) < 4.78 is 0. The number of phenols is 4. The summed E-state index contributed by atoms with van der Waals surface area (Å²) in [5, 5.41) is 51.4. The Morgan fingerprint density at radius 2 is 0.357 bits per heavy atom. The van der Waals surface area contributed by atoms with Crippen LogP contribution in [0.2, 0.25) is 0 Å². The molecule has 4 N–H and O–H groups in total. The first-order chi connectivity index (χ1) is 40.2. The molecule has 0 atom stereocenters. The lowest BCUT2D eigenvalue weighted by Crippen LogP contribution is -2.20. The minimum atomic E-state index is -0.166. The van der Waals surface area contributed by atoms with Gasteiger partial charge in [0.05, 0.1) is 0 Å². The van der Waals surface area contributed by atoms with Crippen molar-refractivity contribution in [1.29, 1.82) is 0 Å². The number of aromatic hydroxyl groups is 4. The van der Waals surface area contributed by atoms with Crippen molar-refractivity contribution in [3.05, 3.63) is 115 Å². The summed E-state index contributed by atoms with van der Waals surface area (Å²) in [4.78, 5) is 0. The average Bonchev–Trinajstić information content (AvgIpc) is 3.55. The molecule has 0 aliphatic heterocycles. The van der Waals surface area contributed by atoms with Crippen molar-refractivity contribution < 1.29 is 20.4 Å². The van der Waals surface area contributed by atoms with E-state index in [4.69, 9.17) is 0 Å². The SMILES string of the molecule is CCCCCCCCCCC(C)(C)c1cc2c(O)c(c1)Cc1cc(C(C)(C)CCCCCCCCCC)cc(c1O)Cc1cc(C(C)(C)CCCCCCCCCC)cc(c1O)Cc1cc(C(C)(C)CCCCCCCCCC)cc(c1O)C2. The molecule has 0 spiro atoms. The van der Waals surface area contributed by atoms with Crippen LogP contribution in [0, 0.1) is 0 Å². The number of unbranched alkanes of at least 4 members (excludes halogenated alkanes) is 28. The zero-order valence-electron chi connectivity index (χ0n) is 56.7. The van der Waals surface area contributed by atoms with Crippen LogP contribution < -0.4 is 0 Å². The second-order valence-electron chi connectivity index (χ2n) is 29.7. The third kappa shape index (κ3) is 22.3.